The van der Waals surface area contributed by atoms with Crippen molar-refractivity contribution in [3.63, 3.8) is 0 Å². The fourth-order valence-corrected chi connectivity index (χ4v) is 12.4. The fourth-order valence-electron chi connectivity index (χ4n) is 10.6. The molecule has 0 aromatic heterocycles. The normalized spacial score (nSPS) is 20.2. The van der Waals surface area contributed by atoms with Crippen LogP contribution < -0.4 is 8.92 Å². The third-order valence-electron chi connectivity index (χ3n) is 15.0. The summed E-state index contributed by atoms with van der Waals surface area (Å²) in [5, 5.41) is 24.7. The molecule has 0 unspecified atom stereocenters. The highest BCUT2D eigenvalue weighted by atomic mass is 32.2. The van der Waals surface area contributed by atoms with Crippen LogP contribution in [0.2, 0.25) is 0 Å². The lowest BCUT2D eigenvalue weighted by molar-refractivity contribution is -0.128. The third kappa shape index (κ3) is 8.67. The number of methoxy groups -OCH3 is 1. The molecule has 63 heavy (non-hydrogen) atoms. The molecule has 0 amide bonds. The first-order valence-electron chi connectivity index (χ1n) is 22.9. The van der Waals surface area contributed by atoms with Crippen LogP contribution in [0.3, 0.4) is 0 Å². The second-order valence-corrected chi connectivity index (χ2v) is 25.5. The Kier molecular flexibility index (Phi) is 11.4. The largest absolute Gasteiger partial charge is 0.507 e. The van der Waals surface area contributed by atoms with Gasteiger partial charge in [0.2, 0.25) is 0 Å². The van der Waals surface area contributed by atoms with Crippen molar-refractivity contribution in [3.05, 3.63) is 115 Å². The summed E-state index contributed by atoms with van der Waals surface area (Å²) in [6, 6.07) is 16.7. The molecule has 2 fully saturated rings. The smallest absolute Gasteiger partial charge is 0.310 e. The number of carbonyl (C=O) groups excluding carboxylic acids is 1. The summed E-state index contributed by atoms with van der Waals surface area (Å²) in [4.78, 5) is 13.7. The van der Waals surface area contributed by atoms with E-state index in [1.807, 2.05) is 32.0 Å². The van der Waals surface area contributed by atoms with Crippen LogP contribution in [-0.4, -0.2) is 37.3 Å². The van der Waals surface area contributed by atoms with E-state index < -0.39 is 20.9 Å². The Morgan fingerprint density at radius 3 is 1.19 bits per heavy atom. The van der Waals surface area contributed by atoms with Crippen molar-refractivity contribution in [2.45, 2.75) is 164 Å². The summed E-state index contributed by atoms with van der Waals surface area (Å²) in [6.45, 7) is 30.0. The van der Waals surface area contributed by atoms with Gasteiger partial charge in [0, 0.05) is 43.2 Å². The number of aromatic hydroxyl groups is 2. The minimum atomic E-state index is -4.35. The molecule has 2 atom stereocenters. The van der Waals surface area contributed by atoms with Gasteiger partial charge in [-0.05, 0) is 101 Å². The maximum atomic E-state index is 14.8. The van der Waals surface area contributed by atoms with Crippen LogP contribution in [-0.2, 0) is 62.3 Å². The number of ether oxygens (including phenoxy) is 1. The van der Waals surface area contributed by atoms with Gasteiger partial charge < -0.3 is 19.1 Å². The van der Waals surface area contributed by atoms with Gasteiger partial charge in [-0.15, -0.1) is 0 Å². The molecule has 4 aromatic rings. The average Bonchev–Trinajstić information content (AvgIpc) is 3.48. The van der Waals surface area contributed by atoms with Gasteiger partial charge in [0.25, 0.3) is 0 Å². The fraction of sp³-hybridized carbons (Fsp3) is 0.545. The van der Waals surface area contributed by atoms with Crippen LogP contribution in [0.15, 0.2) is 48.5 Å². The van der Waals surface area contributed by atoms with Crippen molar-refractivity contribution in [3.8, 4) is 23.0 Å². The molecule has 0 saturated heterocycles. The lowest BCUT2D eigenvalue weighted by atomic mass is 9.70. The van der Waals surface area contributed by atoms with Gasteiger partial charge in [-0.3, -0.25) is 4.79 Å². The zero-order valence-electron chi connectivity index (χ0n) is 40.7. The maximum Gasteiger partial charge on any atom is 0.310 e. The Morgan fingerprint density at radius 1 is 0.571 bits per heavy atom. The summed E-state index contributed by atoms with van der Waals surface area (Å²) in [6.07, 6.45) is 2.84. The van der Waals surface area contributed by atoms with E-state index in [9.17, 15) is 23.4 Å². The highest BCUT2D eigenvalue weighted by Crippen LogP contribution is 2.64. The number of ketones is 1. The van der Waals surface area contributed by atoms with E-state index >= 15 is 0 Å². The van der Waals surface area contributed by atoms with Crippen molar-refractivity contribution in [2.75, 3.05) is 12.9 Å². The highest BCUT2D eigenvalue weighted by molar-refractivity contribution is 7.87. The molecule has 10 bridgehead atoms. The Balaban J connectivity index is 1.55. The number of carbonyl (C=O) groups is 1. The van der Waals surface area contributed by atoms with Crippen molar-refractivity contribution in [1.29, 1.82) is 0 Å². The molecule has 0 heterocycles. The quantitative estimate of drug-likeness (QED) is 0.169. The lowest BCUT2D eigenvalue weighted by Crippen LogP contribution is -2.43. The van der Waals surface area contributed by atoms with Gasteiger partial charge in [-0.1, -0.05) is 145 Å². The second kappa shape index (κ2) is 15.4. The van der Waals surface area contributed by atoms with E-state index in [4.69, 9.17) is 8.92 Å². The van der Waals surface area contributed by atoms with Crippen LogP contribution in [0.5, 0.6) is 23.0 Å². The maximum absolute atomic E-state index is 14.8. The highest BCUT2D eigenvalue weighted by Gasteiger charge is 2.65. The number of fused-ring (bicyclic) bond motifs is 10. The minimum Gasteiger partial charge on any atom is -0.507 e. The molecule has 3 aliphatic carbocycles. The van der Waals surface area contributed by atoms with E-state index in [1.54, 1.807) is 7.11 Å². The molecule has 7 rings (SSSR count). The zero-order chi connectivity index (χ0) is 46.6. The second-order valence-electron chi connectivity index (χ2n) is 23.9. The predicted octanol–water partition coefficient (Wildman–Crippen LogP) is 12.1. The van der Waals surface area contributed by atoms with Crippen LogP contribution >= 0.6 is 0 Å². The van der Waals surface area contributed by atoms with Gasteiger partial charge in [-0.2, -0.15) is 8.42 Å². The summed E-state index contributed by atoms with van der Waals surface area (Å²) in [7, 11) is -2.68. The molecule has 2 saturated carbocycles. The summed E-state index contributed by atoms with van der Waals surface area (Å²) >= 11 is 0. The van der Waals surface area contributed by atoms with E-state index in [2.05, 4.69) is 113 Å². The standard InChI is InChI=1S/C55H72O7S/c1-50(2,3)41-22-32-18-33-23-42(51(4,5)6)25-35(47(33)58)20-38-28-44(53(10,11)12)29-39(49(38)62-63(59,60)31-55-17-16-40(30-45(55)56)54(55,13)14)21-37-27-43(52(7,8)9)26-36(48(37)61-15)19-34(24-41)46(32)57/h22-29,40,57-58H,16-21,30-31H2,1-15H3/t40-,55-/m1/s1. The Hall–Kier alpha value is -4.30. The molecule has 0 spiro atoms. The summed E-state index contributed by atoms with van der Waals surface area (Å²) < 4.78 is 42.5. The van der Waals surface area contributed by atoms with Crippen LogP contribution in [0.4, 0.5) is 0 Å². The van der Waals surface area contributed by atoms with Crippen molar-refractivity contribution < 1.29 is 32.3 Å². The monoisotopic (exact) mass is 876 g/mol. The lowest BCUT2D eigenvalue weighted by Gasteiger charge is -2.36. The van der Waals surface area contributed by atoms with Crippen molar-refractivity contribution in [1.82, 2.24) is 0 Å². The molecule has 0 aliphatic heterocycles. The first kappa shape index (κ1) is 46.7. The molecule has 0 radical (unpaired) electrons. The number of phenolic OH excluding ortho intramolecular Hbond substituents is 2. The van der Waals surface area contributed by atoms with Gasteiger partial charge in [0.05, 0.1) is 18.3 Å². The first-order valence-corrected chi connectivity index (χ1v) is 24.4. The number of rotatable bonds is 5. The molecular weight excluding hydrogens is 805 g/mol. The zero-order valence-corrected chi connectivity index (χ0v) is 41.5. The number of phenols is 2. The summed E-state index contributed by atoms with van der Waals surface area (Å²) in [5.41, 5.74) is 7.38. The first-order chi connectivity index (χ1) is 28.8. The molecular formula is C55H72O7S. The third-order valence-corrected chi connectivity index (χ3v) is 16.3. The van der Waals surface area contributed by atoms with Crippen LogP contribution in [0.25, 0.3) is 0 Å². The van der Waals surface area contributed by atoms with Gasteiger partial charge in [-0.25, -0.2) is 0 Å². The van der Waals surface area contributed by atoms with Crippen LogP contribution in [0, 0.1) is 16.7 Å². The molecule has 3 aliphatic rings. The van der Waals surface area contributed by atoms with E-state index in [-0.39, 0.29) is 75.6 Å². The topological polar surface area (TPSA) is 110 Å². The minimum absolute atomic E-state index is 0.0131. The number of Topliss-reactive ketones (excluding diaryl/α,β-unsaturated/α-hetero) is 1. The van der Waals surface area contributed by atoms with E-state index in [0.29, 0.717) is 52.8 Å². The summed E-state index contributed by atoms with van der Waals surface area (Å²) in [5.74, 6) is 0.969. The molecule has 8 heteroatoms. The Bertz CT molecular complexity index is 2600. The molecule has 4 aromatic carbocycles. The average molecular weight is 877 g/mol. The van der Waals surface area contributed by atoms with Crippen LogP contribution in [0.1, 0.15) is 183 Å². The Morgan fingerprint density at radius 2 is 0.889 bits per heavy atom. The van der Waals surface area contributed by atoms with E-state index in [1.165, 1.54) is 0 Å². The molecule has 7 nitrogen and oxygen atoms in total. The van der Waals surface area contributed by atoms with Gasteiger partial charge >= 0.3 is 10.1 Å². The molecule has 2 N–H and O–H groups in total. The molecule has 340 valence electrons. The van der Waals surface area contributed by atoms with Gasteiger partial charge in [0.15, 0.2) is 0 Å². The Labute approximate surface area is 378 Å². The number of benzene rings is 4. The van der Waals surface area contributed by atoms with Crippen molar-refractivity contribution in [2.24, 2.45) is 16.7 Å². The van der Waals surface area contributed by atoms with Crippen molar-refractivity contribution >= 4 is 15.9 Å². The van der Waals surface area contributed by atoms with Gasteiger partial charge in [0.1, 0.15) is 28.8 Å². The number of hydrogen-bond donors (Lipinski definition) is 2. The van der Waals surface area contributed by atoms with E-state index in [0.717, 1.165) is 45.4 Å². The SMILES string of the molecule is COc1c2cc(C(C)(C)C)cc1Cc1cc(C(C)(C)C)cc(c1OS(=O)(=O)C[C@]13CC[C@H](CC1=O)C3(C)C)Cc1cc(C(C)(C)C)cc(c1O)Cc1cc(C(C)(C)C)cc(c1O)C2. The number of hydrogen-bond acceptors (Lipinski definition) is 7. The predicted molar refractivity (Wildman–Crippen MR) is 255 cm³/mol.